The van der Waals surface area contributed by atoms with Gasteiger partial charge in [-0.3, -0.25) is 4.79 Å². The summed E-state index contributed by atoms with van der Waals surface area (Å²) in [4.78, 5) is 14.6. The normalized spacial score (nSPS) is 18.3. The van der Waals surface area contributed by atoms with Gasteiger partial charge in [-0.25, -0.2) is 8.42 Å². The van der Waals surface area contributed by atoms with E-state index in [-0.39, 0.29) is 23.5 Å². The number of amides is 1. The first kappa shape index (κ1) is 20.1. The molecule has 2 aromatic rings. The van der Waals surface area contributed by atoms with Gasteiger partial charge in [-0.05, 0) is 42.7 Å². The Labute approximate surface area is 166 Å². The molecule has 0 N–H and O–H groups in total. The molecule has 5 nitrogen and oxygen atoms in total. The lowest BCUT2D eigenvalue weighted by molar-refractivity contribution is -0.128. The van der Waals surface area contributed by atoms with Gasteiger partial charge in [-0.2, -0.15) is 0 Å². The second-order valence-electron chi connectivity index (χ2n) is 7.12. The average Bonchev–Trinajstić information content (AvgIpc) is 3.05. The first-order chi connectivity index (χ1) is 13.4. The summed E-state index contributed by atoms with van der Waals surface area (Å²) in [6.07, 6.45) is 3.77. The van der Waals surface area contributed by atoms with Gasteiger partial charge in [0.15, 0.2) is 9.84 Å². The molecular weight excluding hydrogens is 374 g/mol. The molecule has 1 saturated heterocycles. The van der Waals surface area contributed by atoms with Crippen molar-refractivity contribution in [3.05, 3.63) is 71.3 Å². The number of aryl methyl sites for hydroxylation is 1. The van der Waals surface area contributed by atoms with Gasteiger partial charge < -0.3 is 9.64 Å². The van der Waals surface area contributed by atoms with Gasteiger partial charge >= 0.3 is 0 Å². The van der Waals surface area contributed by atoms with Crippen LogP contribution >= 0.6 is 0 Å². The van der Waals surface area contributed by atoms with Gasteiger partial charge in [-0.15, -0.1) is 0 Å². The first-order valence-corrected chi connectivity index (χ1v) is 11.1. The molecule has 0 aliphatic carbocycles. The Hall–Kier alpha value is -2.60. The molecule has 6 heteroatoms. The molecule has 148 valence electrons. The number of hydrogen-bond donors (Lipinski definition) is 0. The summed E-state index contributed by atoms with van der Waals surface area (Å²) in [6, 6.07) is 15.0. The van der Waals surface area contributed by atoms with Crippen LogP contribution in [0.25, 0.3) is 6.08 Å². The van der Waals surface area contributed by atoms with E-state index in [4.69, 9.17) is 4.74 Å². The number of ether oxygens (including phenoxy) is 1. The van der Waals surface area contributed by atoms with E-state index in [9.17, 15) is 13.2 Å². The van der Waals surface area contributed by atoms with Crippen LogP contribution in [0.3, 0.4) is 0 Å². The van der Waals surface area contributed by atoms with Crippen molar-refractivity contribution in [2.24, 2.45) is 0 Å². The standard InChI is InChI=1S/C22H25NO4S/c1-17-3-5-18(6-4-17)9-12-22(24)23(20-13-14-28(25,26)16-20)15-19-7-10-21(27-2)11-8-19/h3-12,20H,13-16H2,1-2H3/b12-9+/t20-/m0/s1. The molecule has 1 atom stereocenters. The Morgan fingerprint density at radius 1 is 1.14 bits per heavy atom. The fourth-order valence-corrected chi connectivity index (χ4v) is 5.01. The van der Waals surface area contributed by atoms with Gasteiger partial charge in [0.05, 0.1) is 18.6 Å². The summed E-state index contributed by atoms with van der Waals surface area (Å²) in [5.74, 6) is 0.710. The van der Waals surface area contributed by atoms with Crippen LogP contribution in [0.1, 0.15) is 23.1 Å². The second-order valence-corrected chi connectivity index (χ2v) is 9.34. The molecule has 1 fully saturated rings. The topological polar surface area (TPSA) is 63.7 Å². The van der Waals surface area contributed by atoms with Crippen LogP contribution in [0.5, 0.6) is 5.75 Å². The maximum Gasteiger partial charge on any atom is 0.247 e. The van der Waals surface area contributed by atoms with Crippen LogP contribution in [0.15, 0.2) is 54.6 Å². The fraction of sp³-hybridized carbons (Fsp3) is 0.318. The van der Waals surface area contributed by atoms with Crippen molar-refractivity contribution in [3.8, 4) is 5.75 Å². The molecule has 0 saturated carbocycles. The van der Waals surface area contributed by atoms with E-state index in [2.05, 4.69) is 0 Å². The van der Waals surface area contributed by atoms with Crippen LogP contribution in [0.2, 0.25) is 0 Å². The van der Waals surface area contributed by atoms with Gasteiger partial charge in [-0.1, -0.05) is 42.0 Å². The van der Waals surface area contributed by atoms with E-state index in [1.807, 2.05) is 55.5 Å². The van der Waals surface area contributed by atoms with Crippen molar-refractivity contribution >= 4 is 21.8 Å². The summed E-state index contributed by atoms with van der Waals surface area (Å²) in [7, 11) is -1.49. The summed E-state index contributed by atoms with van der Waals surface area (Å²) >= 11 is 0. The highest BCUT2D eigenvalue weighted by Crippen LogP contribution is 2.22. The third-order valence-electron chi connectivity index (χ3n) is 4.94. The third kappa shape index (κ3) is 5.23. The van der Waals surface area contributed by atoms with Crippen molar-refractivity contribution in [2.75, 3.05) is 18.6 Å². The minimum absolute atomic E-state index is 0.0211. The number of methoxy groups -OCH3 is 1. The van der Waals surface area contributed by atoms with E-state index in [0.717, 1.165) is 22.4 Å². The van der Waals surface area contributed by atoms with Crippen LogP contribution in [0.4, 0.5) is 0 Å². The second kappa shape index (κ2) is 8.61. The Morgan fingerprint density at radius 3 is 2.39 bits per heavy atom. The van der Waals surface area contributed by atoms with E-state index in [1.54, 1.807) is 18.1 Å². The predicted octanol–water partition coefficient (Wildman–Crippen LogP) is 3.23. The van der Waals surface area contributed by atoms with Crippen LogP contribution in [-0.4, -0.2) is 43.9 Å². The molecular formula is C22H25NO4S. The van der Waals surface area contributed by atoms with E-state index >= 15 is 0 Å². The highest BCUT2D eigenvalue weighted by Gasteiger charge is 2.34. The van der Waals surface area contributed by atoms with Crippen molar-refractivity contribution in [3.63, 3.8) is 0 Å². The molecule has 0 spiro atoms. The monoisotopic (exact) mass is 399 g/mol. The quantitative estimate of drug-likeness (QED) is 0.700. The molecule has 1 amide bonds. The molecule has 0 bridgehead atoms. The first-order valence-electron chi connectivity index (χ1n) is 9.25. The average molecular weight is 400 g/mol. The zero-order chi connectivity index (χ0) is 20.1. The van der Waals surface area contributed by atoms with Crippen molar-refractivity contribution < 1.29 is 17.9 Å². The molecule has 1 heterocycles. The molecule has 1 aliphatic rings. The minimum Gasteiger partial charge on any atom is -0.497 e. The Morgan fingerprint density at radius 2 is 1.82 bits per heavy atom. The predicted molar refractivity (Wildman–Crippen MR) is 111 cm³/mol. The van der Waals surface area contributed by atoms with Crippen molar-refractivity contribution in [1.29, 1.82) is 0 Å². The minimum atomic E-state index is -3.09. The number of sulfone groups is 1. The number of carbonyl (C=O) groups excluding carboxylic acids is 1. The largest absolute Gasteiger partial charge is 0.497 e. The molecule has 2 aromatic carbocycles. The Kier molecular flexibility index (Phi) is 6.19. The zero-order valence-corrected chi connectivity index (χ0v) is 17.0. The zero-order valence-electron chi connectivity index (χ0n) is 16.2. The highest BCUT2D eigenvalue weighted by atomic mass is 32.2. The van der Waals surface area contributed by atoms with E-state index in [1.165, 1.54) is 6.08 Å². The summed E-state index contributed by atoms with van der Waals surface area (Å²) in [5.41, 5.74) is 3.02. The van der Waals surface area contributed by atoms with Crippen molar-refractivity contribution in [2.45, 2.75) is 25.9 Å². The molecule has 1 aliphatic heterocycles. The number of benzene rings is 2. The maximum atomic E-state index is 12.9. The fourth-order valence-electron chi connectivity index (χ4n) is 3.28. The lowest BCUT2D eigenvalue weighted by Gasteiger charge is -2.27. The molecule has 28 heavy (non-hydrogen) atoms. The molecule has 3 rings (SSSR count). The van der Waals surface area contributed by atoms with E-state index < -0.39 is 9.84 Å². The van der Waals surface area contributed by atoms with Crippen LogP contribution < -0.4 is 4.74 Å². The summed E-state index contributed by atoms with van der Waals surface area (Å²) < 4.78 is 29.1. The summed E-state index contributed by atoms with van der Waals surface area (Å²) in [6.45, 7) is 2.37. The summed E-state index contributed by atoms with van der Waals surface area (Å²) in [5, 5.41) is 0. The number of hydrogen-bond acceptors (Lipinski definition) is 4. The number of nitrogens with zero attached hydrogens (tertiary/aromatic N) is 1. The number of rotatable bonds is 6. The molecule has 0 unspecified atom stereocenters. The lowest BCUT2D eigenvalue weighted by Crippen LogP contribution is -2.39. The SMILES string of the molecule is COc1ccc(CN(C(=O)/C=C/c2ccc(C)cc2)[C@H]2CCS(=O)(=O)C2)cc1. The Bertz CT molecular complexity index is 947. The van der Waals surface area contributed by atoms with E-state index in [0.29, 0.717) is 13.0 Å². The smallest absolute Gasteiger partial charge is 0.247 e. The van der Waals surface area contributed by atoms with Gasteiger partial charge in [0.2, 0.25) is 5.91 Å². The van der Waals surface area contributed by atoms with Crippen LogP contribution in [-0.2, 0) is 21.2 Å². The number of carbonyl (C=O) groups is 1. The molecule has 0 radical (unpaired) electrons. The highest BCUT2D eigenvalue weighted by molar-refractivity contribution is 7.91. The van der Waals surface area contributed by atoms with Gasteiger partial charge in [0, 0.05) is 18.7 Å². The van der Waals surface area contributed by atoms with Crippen LogP contribution in [0, 0.1) is 6.92 Å². The maximum absolute atomic E-state index is 12.9. The third-order valence-corrected chi connectivity index (χ3v) is 6.69. The molecule has 0 aromatic heterocycles. The van der Waals surface area contributed by atoms with Gasteiger partial charge in [0.25, 0.3) is 0 Å². The lowest BCUT2D eigenvalue weighted by atomic mass is 10.1. The van der Waals surface area contributed by atoms with Crippen molar-refractivity contribution in [1.82, 2.24) is 4.90 Å². The Balaban J connectivity index is 1.80. The van der Waals surface area contributed by atoms with Gasteiger partial charge in [0.1, 0.15) is 5.75 Å².